The summed E-state index contributed by atoms with van der Waals surface area (Å²) in [6.45, 7) is 5.30. The van der Waals surface area contributed by atoms with Crippen molar-refractivity contribution in [1.29, 1.82) is 0 Å². The molecule has 0 radical (unpaired) electrons. The molecule has 1 nitrogen and oxygen atoms in total. The summed E-state index contributed by atoms with van der Waals surface area (Å²) >= 11 is 0. The molecule has 0 saturated carbocycles. The zero-order chi connectivity index (χ0) is 14.9. The molecular weight excluding hydrogens is 254 g/mol. The van der Waals surface area contributed by atoms with Crippen molar-refractivity contribution in [3.8, 4) is 0 Å². The van der Waals surface area contributed by atoms with Crippen molar-refractivity contribution in [3.05, 3.63) is 72.0 Å². The van der Waals surface area contributed by atoms with Crippen LogP contribution in [0.5, 0.6) is 0 Å². The molecule has 0 aromatic heterocycles. The number of rotatable bonds is 6. The lowest BCUT2D eigenvalue weighted by Crippen LogP contribution is -2.35. The predicted octanol–water partition coefficient (Wildman–Crippen LogP) is 5.32. The minimum absolute atomic E-state index is 0.494. The Labute approximate surface area is 129 Å². The highest BCUT2D eigenvalue weighted by atomic mass is 15.2. The van der Waals surface area contributed by atoms with Crippen molar-refractivity contribution in [2.24, 2.45) is 0 Å². The Morgan fingerprint density at radius 2 is 2.14 bits per heavy atom. The molecule has 0 aromatic carbocycles. The maximum atomic E-state index is 2.59. The SMILES string of the molecule is C/C=C\C=C/CN(C1=C(CC)C=CCC1)C1C=CC=CC1. The van der Waals surface area contributed by atoms with Gasteiger partial charge >= 0.3 is 0 Å². The lowest BCUT2D eigenvalue weighted by atomic mass is 9.97. The van der Waals surface area contributed by atoms with E-state index in [1.165, 1.54) is 24.1 Å². The van der Waals surface area contributed by atoms with Gasteiger partial charge < -0.3 is 4.90 Å². The summed E-state index contributed by atoms with van der Waals surface area (Å²) < 4.78 is 0. The number of allylic oxidation sites excluding steroid dienone is 9. The van der Waals surface area contributed by atoms with Crippen LogP contribution in [0.4, 0.5) is 0 Å². The first-order valence-electron chi connectivity index (χ1n) is 8.13. The zero-order valence-electron chi connectivity index (χ0n) is 13.3. The molecule has 0 aliphatic heterocycles. The number of hydrogen-bond donors (Lipinski definition) is 0. The van der Waals surface area contributed by atoms with E-state index in [-0.39, 0.29) is 0 Å². The summed E-state index contributed by atoms with van der Waals surface area (Å²) in [6, 6.07) is 0.494. The van der Waals surface area contributed by atoms with Gasteiger partial charge in [-0.05, 0) is 38.2 Å². The van der Waals surface area contributed by atoms with E-state index in [0.29, 0.717) is 6.04 Å². The van der Waals surface area contributed by atoms with Gasteiger partial charge in [-0.2, -0.15) is 0 Å². The van der Waals surface area contributed by atoms with E-state index in [1.54, 1.807) is 0 Å². The fourth-order valence-corrected chi connectivity index (χ4v) is 2.96. The van der Waals surface area contributed by atoms with Crippen LogP contribution in [-0.4, -0.2) is 17.5 Å². The average molecular weight is 281 g/mol. The van der Waals surface area contributed by atoms with Crippen molar-refractivity contribution in [1.82, 2.24) is 4.90 Å². The maximum Gasteiger partial charge on any atom is 0.0511 e. The van der Waals surface area contributed by atoms with Crippen LogP contribution in [0.15, 0.2) is 72.0 Å². The topological polar surface area (TPSA) is 3.24 Å². The summed E-state index contributed by atoms with van der Waals surface area (Å²) in [4.78, 5) is 2.59. The molecular formula is C20H27N. The molecule has 0 amide bonds. The highest BCUT2D eigenvalue weighted by molar-refractivity contribution is 5.31. The number of hydrogen-bond acceptors (Lipinski definition) is 1. The van der Waals surface area contributed by atoms with Gasteiger partial charge in [-0.25, -0.2) is 0 Å². The molecule has 0 spiro atoms. The second kappa shape index (κ2) is 8.51. The van der Waals surface area contributed by atoms with Crippen LogP contribution in [-0.2, 0) is 0 Å². The minimum Gasteiger partial charge on any atom is -0.364 e. The monoisotopic (exact) mass is 281 g/mol. The summed E-state index contributed by atoms with van der Waals surface area (Å²) in [5, 5.41) is 0. The molecule has 0 bridgehead atoms. The average Bonchev–Trinajstić information content (AvgIpc) is 2.56. The van der Waals surface area contributed by atoms with Crippen LogP contribution >= 0.6 is 0 Å². The zero-order valence-corrected chi connectivity index (χ0v) is 13.3. The van der Waals surface area contributed by atoms with E-state index in [4.69, 9.17) is 0 Å². The molecule has 0 N–H and O–H groups in total. The molecule has 0 aromatic rings. The second-order valence-electron chi connectivity index (χ2n) is 5.49. The van der Waals surface area contributed by atoms with Crippen molar-refractivity contribution in [3.63, 3.8) is 0 Å². The molecule has 1 unspecified atom stereocenters. The summed E-state index contributed by atoms with van der Waals surface area (Å²) in [6.07, 6.45) is 26.7. The molecule has 0 heterocycles. The van der Waals surface area contributed by atoms with Crippen molar-refractivity contribution < 1.29 is 0 Å². The van der Waals surface area contributed by atoms with Gasteiger partial charge in [0, 0.05) is 12.2 Å². The molecule has 0 saturated heterocycles. The van der Waals surface area contributed by atoms with Crippen LogP contribution in [0.3, 0.4) is 0 Å². The van der Waals surface area contributed by atoms with Crippen LogP contribution in [0.2, 0.25) is 0 Å². The van der Waals surface area contributed by atoms with Crippen LogP contribution in [0, 0.1) is 0 Å². The molecule has 112 valence electrons. The first kappa shape index (κ1) is 15.6. The van der Waals surface area contributed by atoms with E-state index in [1.807, 2.05) is 0 Å². The molecule has 1 heteroatoms. The van der Waals surface area contributed by atoms with E-state index < -0.39 is 0 Å². The lowest BCUT2D eigenvalue weighted by Gasteiger charge is -2.36. The van der Waals surface area contributed by atoms with Gasteiger partial charge in [0.25, 0.3) is 0 Å². The van der Waals surface area contributed by atoms with Gasteiger partial charge in [-0.15, -0.1) is 0 Å². The van der Waals surface area contributed by atoms with Crippen molar-refractivity contribution in [2.45, 2.75) is 45.6 Å². The van der Waals surface area contributed by atoms with Crippen LogP contribution in [0.1, 0.15) is 39.5 Å². The minimum atomic E-state index is 0.494. The fraction of sp³-hybridized carbons (Fsp3) is 0.400. The summed E-state index contributed by atoms with van der Waals surface area (Å²) in [7, 11) is 0. The molecule has 21 heavy (non-hydrogen) atoms. The third-order valence-corrected chi connectivity index (χ3v) is 4.07. The molecule has 2 aliphatic rings. The first-order chi connectivity index (χ1) is 10.4. The van der Waals surface area contributed by atoms with Gasteiger partial charge in [0.05, 0.1) is 6.04 Å². The van der Waals surface area contributed by atoms with E-state index in [2.05, 4.69) is 79.5 Å². The summed E-state index contributed by atoms with van der Waals surface area (Å²) in [5.74, 6) is 0. The number of nitrogens with zero attached hydrogens (tertiary/aromatic N) is 1. The Hall–Kier alpha value is -1.76. The largest absolute Gasteiger partial charge is 0.364 e. The molecule has 2 rings (SSSR count). The highest BCUT2D eigenvalue weighted by Crippen LogP contribution is 2.28. The molecule has 2 aliphatic carbocycles. The van der Waals surface area contributed by atoms with E-state index in [9.17, 15) is 0 Å². The highest BCUT2D eigenvalue weighted by Gasteiger charge is 2.20. The van der Waals surface area contributed by atoms with Crippen molar-refractivity contribution >= 4 is 0 Å². The molecule has 1 atom stereocenters. The maximum absolute atomic E-state index is 2.59. The van der Waals surface area contributed by atoms with E-state index in [0.717, 1.165) is 19.4 Å². The Balaban J connectivity index is 2.21. The van der Waals surface area contributed by atoms with Crippen molar-refractivity contribution in [2.75, 3.05) is 6.54 Å². The Kier molecular flexibility index (Phi) is 6.33. The fourth-order valence-electron chi connectivity index (χ4n) is 2.96. The third kappa shape index (κ3) is 4.35. The Morgan fingerprint density at radius 1 is 1.24 bits per heavy atom. The van der Waals surface area contributed by atoms with Gasteiger partial charge in [0.1, 0.15) is 0 Å². The quantitative estimate of drug-likeness (QED) is 0.596. The first-order valence-corrected chi connectivity index (χ1v) is 8.13. The summed E-state index contributed by atoms with van der Waals surface area (Å²) in [5.41, 5.74) is 3.04. The van der Waals surface area contributed by atoms with E-state index >= 15 is 0 Å². The predicted molar refractivity (Wildman–Crippen MR) is 93.0 cm³/mol. The van der Waals surface area contributed by atoms with Crippen LogP contribution in [0.25, 0.3) is 0 Å². The van der Waals surface area contributed by atoms with Gasteiger partial charge in [0.2, 0.25) is 0 Å². The van der Waals surface area contributed by atoms with Gasteiger partial charge in [-0.1, -0.05) is 67.7 Å². The van der Waals surface area contributed by atoms with Gasteiger partial charge in [0.15, 0.2) is 0 Å². The lowest BCUT2D eigenvalue weighted by molar-refractivity contribution is 0.305. The van der Waals surface area contributed by atoms with Gasteiger partial charge in [-0.3, -0.25) is 0 Å². The molecule has 0 fully saturated rings. The Morgan fingerprint density at radius 3 is 2.86 bits per heavy atom. The Bertz CT molecular complexity index is 500. The van der Waals surface area contributed by atoms with Crippen LogP contribution < -0.4 is 0 Å². The smallest absolute Gasteiger partial charge is 0.0511 e. The third-order valence-electron chi connectivity index (χ3n) is 4.07. The second-order valence-corrected chi connectivity index (χ2v) is 5.49. The standard InChI is InChI=1S/C20H27N/c1-3-5-6-12-17-21(19-14-8-7-9-15-19)20-16-11-10-13-18(20)4-2/h3,5-10,12-14,19H,4,11,15-17H2,1-2H3/b5-3-,12-6-. The normalized spacial score (nSPS) is 21.9.